The van der Waals surface area contributed by atoms with Gasteiger partial charge in [0, 0.05) is 49.8 Å². The first-order valence-electron chi connectivity index (χ1n) is 12.6. The van der Waals surface area contributed by atoms with Gasteiger partial charge in [-0.05, 0) is 56.2 Å². The van der Waals surface area contributed by atoms with Gasteiger partial charge in [-0.3, -0.25) is 4.79 Å². The van der Waals surface area contributed by atoms with Crippen LogP contribution >= 0.6 is 11.6 Å². The lowest BCUT2D eigenvalue weighted by molar-refractivity contribution is 0.0389. The Bertz CT molecular complexity index is 1150. The number of alkyl halides is 1. The van der Waals surface area contributed by atoms with Gasteiger partial charge in [-0.25, -0.2) is 18.7 Å². The van der Waals surface area contributed by atoms with Crippen LogP contribution in [0.3, 0.4) is 0 Å². The Kier molecular flexibility index (Phi) is 3.40. The number of carbonyl (C=O) groups is 1. The van der Waals surface area contributed by atoms with E-state index in [1.54, 1.807) is 0 Å². The summed E-state index contributed by atoms with van der Waals surface area (Å²) in [6.07, 6.45) is -8.91. The number of nitrogens with zero attached hydrogens (tertiary/aromatic N) is 3. The van der Waals surface area contributed by atoms with Crippen molar-refractivity contribution in [2.45, 2.75) is 44.5 Å². The van der Waals surface area contributed by atoms with Crippen molar-refractivity contribution < 1.29 is 25.9 Å². The van der Waals surface area contributed by atoms with Crippen LogP contribution in [0.2, 0.25) is 5.02 Å². The summed E-state index contributed by atoms with van der Waals surface area (Å²) in [4.78, 5) is 21.1. The SMILES string of the molecule is [2H]C([2H])([2H])c1cnc(C([2H])([2H])CC([2H])([2H])C2(F)CCN(C(=O)c3ccc(F)c(Cl)c3)CC2([2H])[2H])nc1. The van der Waals surface area contributed by atoms with Crippen molar-refractivity contribution in [3.05, 3.63) is 58.4 Å². The van der Waals surface area contributed by atoms with E-state index in [1.165, 1.54) is 0 Å². The fourth-order valence-electron chi connectivity index (χ4n) is 2.50. The molecular weight excluding hydrogens is 372 g/mol. The largest absolute Gasteiger partial charge is 0.338 e. The van der Waals surface area contributed by atoms with E-state index in [9.17, 15) is 9.18 Å². The molecule has 1 aromatic heterocycles. The molecule has 7 heteroatoms. The number of amides is 1. The summed E-state index contributed by atoms with van der Waals surface area (Å²) in [7, 11) is 0. The van der Waals surface area contributed by atoms with Crippen molar-refractivity contribution in [3.8, 4) is 0 Å². The Hall–Kier alpha value is -2.08. The molecule has 1 amide bonds. The highest BCUT2D eigenvalue weighted by molar-refractivity contribution is 6.31. The monoisotopic (exact) mass is 402 g/mol. The van der Waals surface area contributed by atoms with E-state index in [-0.39, 0.29) is 16.1 Å². The zero-order chi connectivity index (χ0) is 27.3. The normalized spacial score (nSPS) is 28.3. The van der Waals surface area contributed by atoms with Gasteiger partial charge < -0.3 is 4.90 Å². The molecule has 0 spiro atoms. The Balaban J connectivity index is 1.81. The van der Waals surface area contributed by atoms with E-state index in [1.807, 2.05) is 0 Å². The van der Waals surface area contributed by atoms with E-state index in [0.717, 1.165) is 35.5 Å². The quantitative estimate of drug-likeness (QED) is 0.737. The first-order chi connectivity index (χ1) is 16.3. The Morgan fingerprint density at radius 3 is 2.89 bits per heavy atom. The molecule has 2 heterocycles. The summed E-state index contributed by atoms with van der Waals surface area (Å²) in [6.45, 7) is -3.77. The van der Waals surface area contributed by atoms with Gasteiger partial charge in [0.1, 0.15) is 17.3 Å². The molecule has 0 saturated carbocycles. The first kappa shape index (κ1) is 11.1. The molecular formula is C20H22ClF2N3O. The molecule has 1 aliphatic rings. The highest BCUT2D eigenvalue weighted by Crippen LogP contribution is 2.32. The summed E-state index contributed by atoms with van der Waals surface area (Å²) < 4.78 is 101. The Morgan fingerprint density at radius 1 is 1.44 bits per heavy atom. The maximum atomic E-state index is 16.1. The minimum atomic E-state index is -3.21. The van der Waals surface area contributed by atoms with Gasteiger partial charge in [0.15, 0.2) is 0 Å². The molecule has 27 heavy (non-hydrogen) atoms. The van der Waals surface area contributed by atoms with Gasteiger partial charge in [0.2, 0.25) is 0 Å². The van der Waals surface area contributed by atoms with E-state index >= 15 is 4.39 Å². The molecule has 1 aliphatic heterocycles. The molecule has 0 aliphatic carbocycles. The van der Waals surface area contributed by atoms with Crippen LogP contribution in [-0.4, -0.2) is 39.5 Å². The van der Waals surface area contributed by atoms with Crippen molar-refractivity contribution in [1.82, 2.24) is 14.9 Å². The number of aryl methyl sites for hydroxylation is 2. The second-order valence-electron chi connectivity index (χ2n) is 5.91. The van der Waals surface area contributed by atoms with Gasteiger partial charge in [0.05, 0.1) is 5.02 Å². The van der Waals surface area contributed by atoms with Gasteiger partial charge in [-0.15, -0.1) is 0 Å². The van der Waals surface area contributed by atoms with Gasteiger partial charge in [-0.1, -0.05) is 11.6 Å². The van der Waals surface area contributed by atoms with E-state index < -0.39 is 75.1 Å². The minimum absolute atomic E-state index is 0.0550. The van der Waals surface area contributed by atoms with Crippen LogP contribution in [0, 0.1) is 12.7 Å². The third-order valence-corrected chi connectivity index (χ3v) is 4.29. The highest BCUT2D eigenvalue weighted by Gasteiger charge is 2.35. The number of aromatic nitrogens is 2. The van der Waals surface area contributed by atoms with E-state index in [0.29, 0.717) is 0 Å². The molecule has 1 saturated heterocycles. The van der Waals surface area contributed by atoms with Crippen molar-refractivity contribution >= 4 is 17.5 Å². The average molecular weight is 403 g/mol. The number of hydrogen-bond donors (Lipinski definition) is 0. The number of piperidine rings is 1. The summed E-state index contributed by atoms with van der Waals surface area (Å²) in [5.41, 5.74) is -3.52. The molecule has 144 valence electrons. The fourth-order valence-corrected chi connectivity index (χ4v) is 2.68. The van der Waals surface area contributed by atoms with Crippen LogP contribution in [-0.2, 0) is 6.37 Å². The molecule has 1 unspecified atom stereocenters. The zero-order valence-corrected chi connectivity index (χ0v) is 14.9. The van der Waals surface area contributed by atoms with Crippen molar-refractivity contribution in [2.75, 3.05) is 13.1 Å². The number of likely N-dealkylation sites (tertiary alicyclic amines) is 1. The predicted octanol–water partition coefficient (Wildman–Crippen LogP) is 4.54. The van der Waals surface area contributed by atoms with Crippen molar-refractivity contribution in [3.63, 3.8) is 0 Å². The van der Waals surface area contributed by atoms with E-state index in [4.69, 9.17) is 23.9 Å². The number of carbonyl (C=O) groups excluding carboxylic acids is 1. The van der Waals surface area contributed by atoms with Gasteiger partial charge in [-0.2, -0.15) is 0 Å². The Labute approximate surface area is 175 Å². The first-order valence-corrected chi connectivity index (χ1v) is 8.45. The molecule has 4 nitrogen and oxygen atoms in total. The highest BCUT2D eigenvalue weighted by atomic mass is 35.5. The molecule has 1 fully saturated rings. The summed E-state index contributed by atoms with van der Waals surface area (Å²) in [5.74, 6) is -2.09. The standard InChI is InChI=1S/C20H22ClF2N3O/c1-14-12-24-18(25-13-14)3-2-6-20(23)7-9-26(10-8-20)19(27)15-4-5-17(22)16(21)11-15/h4-5,11-13H,2-3,6-10H2,1H3/i1D3,3D2,6D2,7D2. The van der Waals surface area contributed by atoms with Crippen LogP contribution in [0.15, 0.2) is 30.6 Å². The molecule has 3 rings (SSSR count). The molecule has 0 N–H and O–H groups in total. The summed E-state index contributed by atoms with van der Waals surface area (Å²) in [6, 6.07) is 3.15. The van der Waals surface area contributed by atoms with Crippen LogP contribution in [0.4, 0.5) is 8.78 Å². The smallest absolute Gasteiger partial charge is 0.253 e. The molecule has 1 aromatic carbocycles. The van der Waals surface area contributed by atoms with Crippen LogP contribution in [0.5, 0.6) is 0 Å². The van der Waals surface area contributed by atoms with Crippen LogP contribution in [0.25, 0.3) is 0 Å². The third kappa shape index (κ3) is 5.01. The molecule has 0 radical (unpaired) electrons. The van der Waals surface area contributed by atoms with Crippen molar-refractivity contribution in [1.29, 1.82) is 0 Å². The average Bonchev–Trinajstić information content (AvgIpc) is 2.75. The topological polar surface area (TPSA) is 46.1 Å². The molecule has 0 bridgehead atoms. The lowest BCUT2D eigenvalue weighted by Gasteiger charge is -2.36. The van der Waals surface area contributed by atoms with Gasteiger partial charge >= 0.3 is 0 Å². The minimum Gasteiger partial charge on any atom is -0.338 e. The fraction of sp³-hybridized carbons (Fsp3) is 0.450. The maximum Gasteiger partial charge on any atom is 0.253 e. The second-order valence-corrected chi connectivity index (χ2v) is 6.32. The number of hydrogen-bond acceptors (Lipinski definition) is 3. The molecule has 2 aromatic rings. The van der Waals surface area contributed by atoms with E-state index in [2.05, 4.69) is 9.97 Å². The zero-order valence-electron chi connectivity index (χ0n) is 23.1. The molecule has 1 atom stereocenters. The van der Waals surface area contributed by atoms with Crippen molar-refractivity contribution in [2.24, 2.45) is 0 Å². The number of benzene rings is 1. The summed E-state index contributed by atoms with van der Waals surface area (Å²) in [5, 5.41) is -0.326. The predicted molar refractivity (Wildman–Crippen MR) is 100 cm³/mol. The summed E-state index contributed by atoms with van der Waals surface area (Å²) >= 11 is 5.70. The van der Waals surface area contributed by atoms with Crippen LogP contribution < -0.4 is 0 Å². The number of halogens is 3. The maximum absolute atomic E-state index is 16.1. The number of rotatable bonds is 5. The van der Waals surface area contributed by atoms with Gasteiger partial charge in [0.25, 0.3) is 5.91 Å². The van der Waals surface area contributed by atoms with Crippen LogP contribution in [0.1, 0.15) is 59.7 Å². The Morgan fingerprint density at radius 2 is 2.22 bits per heavy atom. The lowest BCUT2D eigenvalue weighted by atomic mass is 9.88. The lowest BCUT2D eigenvalue weighted by Crippen LogP contribution is -2.44. The second kappa shape index (κ2) is 8.30. The third-order valence-electron chi connectivity index (χ3n) is 4.00.